The first-order valence-electron chi connectivity index (χ1n) is 5.01. The molecule has 0 spiro atoms. The van der Waals surface area contributed by atoms with Crippen LogP contribution in [0.15, 0.2) is 12.1 Å². The number of hydrogen-bond acceptors (Lipinski definition) is 1. The molecule has 0 amide bonds. The summed E-state index contributed by atoms with van der Waals surface area (Å²) in [6.07, 6.45) is 2.89. The Labute approximate surface area is 79.5 Å². The lowest BCUT2D eigenvalue weighted by atomic mass is 10.2. The van der Waals surface area contributed by atoms with E-state index in [2.05, 4.69) is 30.5 Å². The molecule has 13 heavy (non-hydrogen) atoms. The van der Waals surface area contributed by atoms with Gasteiger partial charge >= 0.3 is 0 Å². The first kappa shape index (κ1) is 8.82. The van der Waals surface area contributed by atoms with E-state index in [1.165, 1.54) is 24.2 Å². The van der Waals surface area contributed by atoms with Crippen molar-refractivity contribution < 1.29 is 4.74 Å². The molecule has 72 valence electrons. The minimum Gasteiger partial charge on any atom is -0.376 e. The molecule has 0 saturated carbocycles. The van der Waals surface area contributed by atoms with E-state index in [0.717, 1.165) is 13.2 Å². The standard InChI is InChI=1S/C11H17NO/c1-9-5-6-10(2)12(9)8-11-4-3-7-13-11/h5-6,11H,3-4,7-8H2,1-2H3. The third-order valence-electron chi connectivity index (χ3n) is 2.83. The van der Waals surface area contributed by atoms with Crippen molar-refractivity contribution in [3.05, 3.63) is 23.5 Å². The van der Waals surface area contributed by atoms with Crippen LogP contribution in [-0.2, 0) is 11.3 Å². The molecule has 2 heterocycles. The highest BCUT2D eigenvalue weighted by Gasteiger charge is 2.16. The number of ether oxygens (including phenoxy) is 1. The maximum absolute atomic E-state index is 5.62. The average Bonchev–Trinajstić information content (AvgIpc) is 2.70. The van der Waals surface area contributed by atoms with Crippen molar-refractivity contribution in [3.8, 4) is 0 Å². The van der Waals surface area contributed by atoms with Crippen LogP contribution in [0.2, 0.25) is 0 Å². The summed E-state index contributed by atoms with van der Waals surface area (Å²) in [4.78, 5) is 0. The fraction of sp³-hybridized carbons (Fsp3) is 0.636. The van der Waals surface area contributed by atoms with Crippen LogP contribution in [0.25, 0.3) is 0 Å². The van der Waals surface area contributed by atoms with Crippen molar-refractivity contribution in [3.63, 3.8) is 0 Å². The molecular formula is C11H17NO. The first-order valence-corrected chi connectivity index (χ1v) is 5.01. The first-order chi connectivity index (χ1) is 6.27. The summed E-state index contributed by atoms with van der Waals surface area (Å²) in [6, 6.07) is 4.34. The lowest BCUT2D eigenvalue weighted by Crippen LogP contribution is -2.16. The number of aromatic nitrogens is 1. The molecule has 1 saturated heterocycles. The van der Waals surface area contributed by atoms with Crippen LogP contribution in [0.5, 0.6) is 0 Å². The summed E-state index contributed by atoms with van der Waals surface area (Å²) in [7, 11) is 0. The number of rotatable bonds is 2. The lowest BCUT2D eigenvalue weighted by molar-refractivity contribution is 0.0962. The van der Waals surface area contributed by atoms with Gasteiger partial charge in [-0.15, -0.1) is 0 Å². The second kappa shape index (κ2) is 3.54. The molecule has 2 rings (SSSR count). The topological polar surface area (TPSA) is 14.2 Å². The van der Waals surface area contributed by atoms with E-state index in [4.69, 9.17) is 4.74 Å². The molecule has 1 atom stereocenters. The molecule has 1 aromatic heterocycles. The van der Waals surface area contributed by atoms with Gasteiger partial charge in [0.15, 0.2) is 0 Å². The fourth-order valence-electron chi connectivity index (χ4n) is 1.98. The normalized spacial score (nSPS) is 22.5. The largest absolute Gasteiger partial charge is 0.376 e. The molecule has 2 nitrogen and oxygen atoms in total. The third kappa shape index (κ3) is 1.78. The summed E-state index contributed by atoms with van der Waals surface area (Å²) >= 11 is 0. The second-order valence-corrected chi connectivity index (χ2v) is 3.86. The van der Waals surface area contributed by atoms with E-state index in [0.29, 0.717) is 6.10 Å². The Morgan fingerprint density at radius 3 is 2.62 bits per heavy atom. The molecule has 1 fully saturated rings. The Bertz CT molecular complexity index is 265. The summed E-state index contributed by atoms with van der Waals surface area (Å²) in [6.45, 7) is 6.29. The van der Waals surface area contributed by atoms with Gasteiger partial charge in [-0.1, -0.05) is 0 Å². The molecule has 0 bridgehead atoms. The highest BCUT2D eigenvalue weighted by Crippen LogP contribution is 2.16. The van der Waals surface area contributed by atoms with Crippen LogP contribution in [0.3, 0.4) is 0 Å². The van der Waals surface area contributed by atoms with Gasteiger partial charge in [0.05, 0.1) is 6.10 Å². The van der Waals surface area contributed by atoms with Crippen molar-refractivity contribution in [1.29, 1.82) is 0 Å². The van der Waals surface area contributed by atoms with Crippen LogP contribution < -0.4 is 0 Å². The van der Waals surface area contributed by atoms with E-state index < -0.39 is 0 Å². The summed E-state index contributed by atoms with van der Waals surface area (Å²) in [5.41, 5.74) is 2.68. The van der Waals surface area contributed by atoms with E-state index in [9.17, 15) is 0 Å². The summed E-state index contributed by atoms with van der Waals surface area (Å²) < 4.78 is 7.96. The minimum atomic E-state index is 0.449. The molecule has 1 aliphatic rings. The van der Waals surface area contributed by atoms with Gasteiger partial charge in [-0.05, 0) is 38.8 Å². The number of nitrogens with zero attached hydrogens (tertiary/aromatic N) is 1. The van der Waals surface area contributed by atoms with Gasteiger partial charge in [0.1, 0.15) is 0 Å². The third-order valence-corrected chi connectivity index (χ3v) is 2.83. The van der Waals surface area contributed by atoms with Crippen LogP contribution in [0.4, 0.5) is 0 Å². The van der Waals surface area contributed by atoms with E-state index >= 15 is 0 Å². The van der Waals surface area contributed by atoms with Gasteiger partial charge in [0.2, 0.25) is 0 Å². The Morgan fingerprint density at radius 2 is 2.08 bits per heavy atom. The van der Waals surface area contributed by atoms with Crippen molar-refractivity contribution >= 4 is 0 Å². The molecule has 0 aliphatic carbocycles. The van der Waals surface area contributed by atoms with Crippen molar-refractivity contribution in [2.24, 2.45) is 0 Å². The summed E-state index contributed by atoms with van der Waals surface area (Å²) in [5.74, 6) is 0. The molecule has 0 aromatic carbocycles. The fourth-order valence-corrected chi connectivity index (χ4v) is 1.98. The van der Waals surface area contributed by atoms with Gasteiger partial charge in [0.25, 0.3) is 0 Å². The number of hydrogen-bond donors (Lipinski definition) is 0. The van der Waals surface area contributed by atoms with Crippen molar-refractivity contribution in [1.82, 2.24) is 4.57 Å². The minimum absolute atomic E-state index is 0.449. The molecule has 0 radical (unpaired) electrons. The molecule has 1 aromatic rings. The number of aryl methyl sites for hydroxylation is 2. The predicted octanol–water partition coefficient (Wildman–Crippen LogP) is 2.28. The zero-order valence-corrected chi connectivity index (χ0v) is 8.42. The molecule has 0 N–H and O–H groups in total. The van der Waals surface area contributed by atoms with Gasteiger partial charge in [0, 0.05) is 24.5 Å². The Kier molecular flexibility index (Phi) is 2.40. The maximum Gasteiger partial charge on any atom is 0.0754 e. The Balaban J connectivity index is 2.07. The van der Waals surface area contributed by atoms with Crippen molar-refractivity contribution in [2.75, 3.05) is 6.61 Å². The summed E-state index contributed by atoms with van der Waals surface area (Å²) in [5, 5.41) is 0. The SMILES string of the molecule is Cc1ccc(C)n1CC1CCCO1. The van der Waals surface area contributed by atoms with Gasteiger partial charge in [-0.3, -0.25) is 0 Å². The molecule has 1 unspecified atom stereocenters. The van der Waals surface area contributed by atoms with E-state index in [1.54, 1.807) is 0 Å². The Morgan fingerprint density at radius 1 is 1.38 bits per heavy atom. The lowest BCUT2D eigenvalue weighted by Gasteiger charge is -2.14. The van der Waals surface area contributed by atoms with Gasteiger partial charge < -0.3 is 9.30 Å². The van der Waals surface area contributed by atoms with Gasteiger partial charge in [-0.25, -0.2) is 0 Å². The monoisotopic (exact) mass is 179 g/mol. The van der Waals surface area contributed by atoms with Crippen LogP contribution >= 0.6 is 0 Å². The van der Waals surface area contributed by atoms with Gasteiger partial charge in [-0.2, -0.15) is 0 Å². The average molecular weight is 179 g/mol. The zero-order valence-electron chi connectivity index (χ0n) is 8.42. The maximum atomic E-state index is 5.62. The predicted molar refractivity (Wildman–Crippen MR) is 52.9 cm³/mol. The van der Waals surface area contributed by atoms with Crippen LogP contribution in [0, 0.1) is 13.8 Å². The van der Waals surface area contributed by atoms with E-state index in [1.807, 2.05) is 0 Å². The Hall–Kier alpha value is -0.760. The highest BCUT2D eigenvalue weighted by atomic mass is 16.5. The second-order valence-electron chi connectivity index (χ2n) is 3.86. The zero-order chi connectivity index (χ0) is 9.26. The van der Waals surface area contributed by atoms with E-state index in [-0.39, 0.29) is 0 Å². The molecule has 2 heteroatoms. The quantitative estimate of drug-likeness (QED) is 0.679. The van der Waals surface area contributed by atoms with Crippen LogP contribution in [-0.4, -0.2) is 17.3 Å². The van der Waals surface area contributed by atoms with Crippen LogP contribution in [0.1, 0.15) is 24.2 Å². The van der Waals surface area contributed by atoms with Crippen molar-refractivity contribution in [2.45, 2.75) is 39.3 Å². The highest BCUT2D eigenvalue weighted by molar-refractivity contribution is 5.13. The molecular weight excluding hydrogens is 162 g/mol. The smallest absolute Gasteiger partial charge is 0.0754 e. The molecule has 1 aliphatic heterocycles.